The number of imide groups is 1. The number of amides is 2. The van der Waals surface area contributed by atoms with Gasteiger partial charge in [0.05, 0.1) is 22.9 Å². The molecule has 0 fully saturated rings. The lowest BCUT2D eigenvalue weighted by molar-refractivity contribution is -0.120. The van der Waals surface area contributed by atoms with E-state index < -0.39 is 11.8 Å². The zero-order valence-electron chi connectivity index (χ0n) is 17.2. The van der Waals surface area contributed by atoms with Crippen LogP contribution in [0.5, 0.6) is 0 Å². The first-order chi connectivity index (χ1) is 15.0. The van der Waals surface area contributed by atoms with Crippen LogP contribution in [-0.2, 0) is 9.59 Å². The summed E-state index contributed by atoms with van der Waals surface area (Å²) in [5.41, 5.74) is 3.79. The van der Waals surface area contributed by atoms with Crippen LogP contribution in [0, 0.1) is 11.3 Å². The number of carbonyl (C=O) groups is 2. The molecule has 3 aromatic carbocycles. The van der Waals surface area contributed by atoms with Crippen molar-refractivity contribution >= 4 is 34.4 Å². The first kappa shape index (κ1) is 19.9. The highest BCUT2D eigenvalue weighted by Crippen LogP contribution is 2.34. The molecule has 0 aromatic heterocycles. The van der Waals surface area contributed by atoms with Gasteiger partial charge in [-0.05, 0) is 54.1 Å². The number of rotatable bonds is 5. The van der Waals surface area contributed by atoms with E-state index in [2.05, 4.69) is 5.32 Å². The summed E-state index contributed by atoms with van der Waals surface area (Å²) >= 11 is 0. The zero-order chi connectivity index (χ0) is 22.0. The molecule has 1 aliphatic rings. The molecule has 1 N–H and O–H groups in total. The molecule has 0 spiro atoms. The highest BCUT2D eigenvalue weighted by molar-refractivity contribution is 6.46. The summed E-state index contributed by atoms with van der Waals surface area (Å²) in [5.74, 6) is -0.849. The van der Waals surface area contributed by atoms with Crippen molar-refractivity contribution in [3.63, 3.8) is 0 Å². The molecular formula is C25H20N4O2. The normalized spacial score (nSPS) is 13.4. The van der Waals surface area contributed by atoms with E-state index in [9.17, 15) is 9.59 Å². The first-order valence-corrected chi connectivity index (χ1v) is 9.72. The number of nitrogens with one attached hydrogen (secondary N) is 1. The Morgan fingerprint density at radius 3 is 2.06 bits per heavy atom. The summed E-state index contributed by atoms with van der Waals surface area (Å²) < 4.78 is 0. The van der Waals surface area contributed by atoms with E-state index in [0.29, 0.717) is 28.1 Å². The topological polar surface area (TPSA) is 76.4 Å². The molecule has 4 rings (SSSR count). The van der Waals surface area contributed by atoms with E-state index in [4.69, 9.17) is 5.26 Å². The summed E-state index contributed by atoms with van der Waals surface area (Å²) in [4.78, 5) is 29.8. The standard InChI is InChI=1S/C25H20N4O2/c1-28(2)20-14-10-19(11-15-20)27-23-22(18-6-4-3-5-7-18)24(30)29(25(23)31)21-12-8-17(16-26)9-13-21/h3-15,27H,1-2H3. The van der Waals surface area contributed by atoms with Gasteiger partial charge in [0.15, 0.2) is 0 Å². The maximum Gasteiger partial charge on any atom is 0.282 e. The predicted molar refractivity (Wildman–Crippen MR) is 121 cm³/mol. The van der Waals surface area contributed by atoms with Crippen molar-refractivity contribution in [2.75, 3.05) is 29.2 Å². The second kappa shape index (κ2) is 8.17. The van der Waals surface area contributed by atoms with Crippen molar-refractivity contribution in [2.45, 2.75) is 0 Å². The Bertz CT molecular complexity index is 1210. The molecule has 6 nitrogen and oxygen atoms in total. The quantitative estimate of drug-likeness (QED) is 0.646. The van der Waals surface area contributed by atoms with Crippen LogP contribution in [0.25, 0.3) is 5.57 Å². The molecule has 152 valence electrons. The summed E-state index contributed by atoms with van der Waals surface area (Å²) in [6.07, 6.45) is 0. The minimum Gasteiger partial charge on any atom is -0.378 e. The van der Waals surface area contributed by atoms with Crippen LogP contribution in [0.2, 0.25) is 0 Å². The van der Waals surface area contributed by atoms with E-state index in [0.717, 1.165) is 10.6 Å². The van der Waals surface area contributed by atoms with Gasteiger partial charge in [-0.25, -0.2) is 4.90 Å². The Labute approximate surface area is 180 Å². The fraction of sp³-hybridized carbons (Fsp3) is 0.0800. The largest absolute Gasteiger partial charge is 0.378 e. The van der Waals surface area contributed by atoms with Gasteiger partial charge in [0.1, 0.15) is 5.70 Å². The Morgan fingerprint density at radius 1 is 0.839 bits per heavy atom. The lowest BCUT2D eigenvalue weighted by Crippen LogP contribution is -2.32. The fourth-order valence-electron chi connectivity index (χ4n) is 3.43. The van der Waals surface area contributed by atoms with Gasteiger partial charge in [-0.3, -0.25) is 9.59 Å². The smallest absolute Gasteiger partial charge is 0.282 e. The number of nitriles is 1. The lowest BCUT2D eigenvalue weighted by Gasteiger charge is -2.16. The molecular weight excluding hydrogens is 388 g/mol. The number of nitrogens with zero attached hydrogens (tertiary/aromatic N) is 3. The van der Waals surface area contributed by atoms with Crippen molar-refractivity contribution in [1.82, 2.24) is 0 Å². The van der Waals surface area contributed by atoms with Gasteiger partial charge in [-0.1, -0.05) is 30.3 Å². The maximum atomic E-state index is 13.4. The highest BCUT2D eigenvalue weighted by Gasteiger charge is 2.40. The van der Waals surface area contributed by atoms with E-state index in [1.165, 1.54) is 0 Å². The van der Waals surface area contributed by atoms with Crippen LogP contribution in [0.15, 0.2) is 84.6 Å². The van der Waals surface area contributed by atoms with Crippen LogP contribution in [0.4, 0.5) is 17.1 Å². The molecule has 0 saturated carbocycles. The van der Waals surface area contributed by atoms with Crippen LogP contribution in [0.1, 0.15) is 11.1 Å². The molecule has 0 bridgehead atoms. The Balaban J connectivity index is 1.75. The number of benzene rings is 3. The third-order valence-electron chi connectivity index (χ3n) is 5.05. The van der Waals surface area contributed by atoms with E-state index in [-0.39, 0.29) is 5.70 Å². The van der Waals surface area contributed by atoms with E-state index >= 15 is 0 Å². The SMILES string of the molecule is CN(C)c1ccc(NC2=C(c3ccccc3)C(=O)N(c3ccc(C#N)cc3)C2=O)cc1. The van der Waals surface area contributed by atoms with Crippen LogP contribution >= 0.6 is 0 Å². The second-order valence-corrected chi connectivity index (χ2v) is 7.29. The van der Waals surface area contributed by atoms with Crippen molar-refractivity contribution < 1.29 is 9.59 Å². The van der Waals surface area contributed by atoms with Crippen LogP contribution < -0.4 is 15.1 Å². The fourth-order valence-corrected chi connectivity index (χ4v) is 3.43. The van der Waals surface area contributed by atoms with Crippen molar-refractivity contribution in [3.8, 4) is 6.07 Å². The van der Waals surface area contributed by atoms with Crippen molar-refractivity contribution in [1.29, 1.82) is 5.26 Å². The molecule has 0 saturated heterocycles. The molecule has 1 aliphatic heterocycles. The number of carbonyl (C=O) groups excluding carboxylic acids is 2. The Kier molecular flexibility index (Phi) is 5.25. The molecule has 0 unspecified atom stereocenters. The molecule has 1 heterocycles. The number of hydrogen-bond acceptors (Lipinski definition) is 5. The van der Waals surface area contributed by atoms with Crippen molar-refractivity contribution in [3.05, 3.63) is 95.7 Å². The summed E-state index contributed by atoms with van der Waals surface area (Å²) in [5, 5.41) is 12.2. The maximum absolute atomic E-state index is 13.4. The Morgan fingerprint density at radius 2 is 1.48 bits per heavy atom. The van der Waals surface area contributed by atoms with Crippen molar-refractivity contribution in [2.24, 2.45) is 0 Å². The van der Waals surface area contributed by atoms with E-state index in [1.54, 1.807) is 36.4 Å². The Hall–Kier alpha value is -4.37. The molecule has 2 amide bonds. The second-order valence-electron chi connectivity index (χ2n) is 7.29. The third kappa shape index (κ3) is 3.77. The highest BCUT2D eigenvalue weighted by atomic mass is 16.2. The predicted octanol–water partition coefficient (Wildman–Crippen LogP) is 4.02. The van der Waals surface area contributed by atoms with Gasteiger partial charge in [0.2, 0.25) is 0 Å². The van der Waals surface area contributed by atoms with Gasteiger partial charge in [0, 0.05) is 25.5 Å². The number of hydrogen-bond donors (Lipinski definition) is 1. The van der Waals surface area contributed by atoms with Crippen LogP contribution in [-0.4, -0.2) is 25.9 Å². The molecule has 6 heteroatoms. The summed E-state index contributed by atoms with van der Waals surface area (Å²) in [6.45, 7) is 0. The number of anilines is 3. The first-order valence-electron chi connectivity index (χ1n) is 9.72. The summed E-state index contributed by atoms with van der Waals surface area (Å²) in [6, 6.07) is 25.2. The molecule has 0 radical (unpaired) electrons. The molecule has 31 heavy (non-hydrogen) atoms. The average molecular weight is 408 g/mol. The lowest BCUT2D eigenvalue weighted by atomic mass is 10.0. The van der Waals surface area contributed by atoms with Gasteiger partial charge >= 0.3 is 0 Å². The minimum atomic E-state index is -0.440. The minimum absolute atomic E-state index is 0.221. The molecule has 3 aromatic rings. The third-order valence-corrected chi connectivity index (χ3v) is 5.05. The van der Waals surface area contributed by atoms with E-state index in [1.807, 2.05) is 67.5 Å². The van der Waals surface area contributed by atoms with Gasteiger partial charge in [0.25, 0.3) is 11.8 Å². The monoisotopic (exact) mass is 408 g/mol. The summed E-state index contributed by atoms with van der Waals surface area (Å²) in [7, 11) is 3.90. The average Bonchev–Trinajstić information content (AvgIpc) is 3.04. The van der Waals surface area contributed by atoms with Gasteiger partial charge < -0.3 is 10.2 Å². The zero-order valence-corrected chi connectivity index (χ0v) is 17.2. The molecule has 0 aliphatic carbocycles. The van der Waals surface area contributed by atoms with Crippen LogP contribution in [0.3, 0.4) is 0 Å². The van der Waals surface area contributed by atoms with Gasteiger partial charge in [-0.15, -0.1) is 0 Å². The molecule has 0 atom stereocenters. The van der Waals surface area contributed by atoms with Gasteiger partial charge in [-0.2, -0.15) is 5.26 Å².